The van der Waals surface area contributed by atoms with E-state index in [-0.39, 0.29) is 30.4 Å². The summed E-state index contributed by atoms with van der Waals surface area (Å²) >= 11 is 1.29. The van der Waals surface area contributed by atoms with Crippen LogP contribution in [0.3, 0.4) is 0 Å². The van der Waals surface area contributed by atoms with Crippen molar-refractivity contribution in [2.45, 2.75) is 19.4 Å². The van der Waals surface area contributed by atoms with Gasteiger partial charge in [0, 0.05) is 18.7 Å². The van der Waals surface area contributed by atoms with Gasteiger partial charge in [-0.3, -0.25) is 20.2 Å². The van der Waals surface area contributed by atoms with Gasteiger partial charge < -0.3 is 11.1 Å². The topological polar surface area (TPSA) is 127 Å². The Kier molecular flexibility index (Phi) is 8.38. The second kappa shape index (κ2) is 8.97. The SMILES string of the molecule is CC(=O)[C@H](CSCC(=O)NCCC(N)=O)NN. The molecule has 0 spiro atoms. The summed E-state index contributed by atoms with van der Waals surface area (Å²) in [5.41, 5.74) is 7.28. The molecule has 0 fully saturated rings. The molecule has 0 radical (unpaired) electrons. The van der Waals surface area contributed by atoms with Crippen LogP contribution in [0.5, 0.6) is 0 Å². The number of nitrogens with one attached hydrogen (secondary N) is 2. The second-order valence-electron chi connectivity index (χ2n) is 3.41. The Balaban J connectivity index is 3.63. The van der Waals surface area contributed by atoms with Crippen molar-refractivity contribution in [2.75, 3.05) is 18.1 Å². The lowest BCUT2D eigenvalue weighted by atomic mass is 10.2. The summed E-state index contributed by atoms with van der Waals surface area (Å²) in [5, 5.41) is 2.54. The molecule has 7 nitrogen and oxygen atoms in total. The monoisotopic (exact) mass is 262 g/mol. The van der Waals surface area contributed by atoms with Crippen molar-refractivity contribution in [3.05, 3.63) is 0 Å². The van der Waals surface area contributed by atoms with E-state index in [1.165, 1.54) is 18.7 Å². The first-order valence-electron chi connectivity index (χ1n) is 5.06. The van der Waals surface area contributed by atoms with Crippen LogP contribution in [0.15, 0.2) is 0 Å². The molecule has 0 aromatic carbocycles. The van der Waals surface area contributed by atoms with E-state index in [0.717, 1.165) is 0 Å². The number of amides is 2. The van der Waals surface area contributed by atoms with Crippen LogP contribution < -0.4 is 22.3 Å². The van der Waals surface area contributed by atoms with E-state index < -0.39 is 11.9 Å². The maximum atomic E-state index is 11.2. The molecular formula is C9H18N4O3S. The highest BCUT2D eigenvalue weighted by molar-refractivity contribution is 8.00. The summed E-state index contributed by atoms with van der Waals surface area (Å²) in [5.74, 6) is 5.08. The molecule has 0 aromatic heterocycles. The lowest BCUT2D eigenvalue weighted by Crippen LogP contribution is -2.42. The Labute approximate surface area is 104 Å². The second-order valence-corrected chi connectivity index (χ2v) is 4.44. The number of carbonyl (C=O) groups is 3. The molecule has 6 N–H and O–H groups in total. The van der Waals surface area contributed by atoms with E-state index in [4.69, 9.17) is 11.6 Å². The Hall–Kier alpha value is -1.12. The number of nitrogens with two attached hydrogens (primary N) is 2. The van der Waals surface area contributed by atoms with Gasteiger partial charge >= 0.3 is 0 Å². The van der Waals surface area contributed by atoms with Gasteiger partial charge in [-0.15, -0.1) is 11.8 Å². The molecule has 0 saturated carbocycles. The molecule has 0 aliphatic heterocycles. The van der Waals surface area contributed by atoms with Crippen molar-refractivity contribution in [3.63, 3.8) is 0 Å². The number of carbonyl (C=O) groups excluding carboxylic acids is 3. The highest BCUT2D eigenvalue weighted by Gasteiger charge is 2.12. The fourth-order valence-corrected chi connectivity index (χ4v) is 1.90. The van der Waals surface area contributed by atoms with E-state index in [1.807, 2.05) is 0 Å². The highest BCUT2D eigenvalue weighted by Crippen LogP contribution is 2.02. The first-order chi connectivity index (χ1) is 7.97. The Morgan fingerprint density at radius 2 is 2.00 bits per heavy atom. The normalized spacial score (nSPS) is 11.9. The number of hydrogen-bond donors (Lipinski definition) is 4. The molecule has 1 atom stereocenters. The highest BCUT2D eigenvalue weighted by atomic mass is 32.2. The standard InChI is InChI=1S/C9H18N4O3S/c1-6(14)7(13-11)4-17-5-9(16)12-3-2-8(10)15/h7,13H,2-5,11H2,1H3,(H2,10,15)(H,12,16)/t7-/m0/s1. The fourth-order valence-electron chi connectivity index (χ4n) is 0.928. The maximum Gasteiger partial charge on any atom is 0.230 e. The Morgan fingerprint density at radius 1 is 1.35 bits per heavy atom. The molecule has 0 aliphatic rings. The Morgan fingerprint density at radius 3 is 2.47 bits per heavy atom. The van der Waals surface area contributed by atoms with Crippen LogP contribution >= 0.6 is 11.8 Å². The lowest BCUT2D eigenvalue weighted by molar-refractivity contribution is -0.120. The fraction of sp³-hybridized carbons (Fsp3) is 0.667. The van der Waals surface area contributed by atoms with Crippen molar-refractivity contribution in [1.82, 2.24) is 10.7 Å². The summed E-state index contributed by atoms with van der Waals surface area (Å²) in [7, 11) is 0. The largest absolute Gasteiger partial charge is 0.370 e. The van der Waals surface area contributed by atoms with Crippen molar-refractivity contribution in [1.29, 1.82) is 0 Å². The van der Waals surface area contributed by atoms with Gasteiger partial charge in [0.15, 0.2) is 0 Å². The molecule has 0 aliphatic carbocycles. The molecule has 0 bridgehead atoms. The quantitative estimate of drug-likeness (QED) is 0.285. The van der Waals surface area contributed by atoms with Crippen LogP contribution in [0.2, 0.25) is 0 Å². The zero-order valence-electron chi connectivity index (χ0n) is 9.69. The average molecular weight is 262 g/mol. The van der Waals surface area contributed by atoms with Gasteiger partial charge in [-0.1, -0.05) is 0 Å². The van der Waals surface area contributed by atoms with Crippen molar-refractivity contribution >= 4 is 29.4 Å². The molecule has 0 saturated heterocycles. The molecule has 0 heterocycles. The first kappa shape index (κ1) is 15.9. The summed E-state index contributed by atoms with van der Waals surface area (Å²) in [6.07, 6.45) is 0.122. The third-order valence-electron chi connectivity index (χ3n) is 1.90. The number of thioether (sulfide) groups is 1. The van der Waals surface area contributed by atoms with Gasteiger partial charge in [0.05, 0.1) is 11.8 Å². The van der Waals surface area contributed by atoms with Gasteiger partial charge in [-0.2, -0.15) is 0 Å². The van der Waals surface area contributed by atoms with Crippen molar-refractivity contribution < 1.29 is 14.4 Å². The average Bonchev–Trinajstić information content (AvgIpc) is 2.23. The number of rotatable bonds is 9. The maximum absolute atomic E-state index is 11.2. The van der Waals surface area contributed by atoms with Crippen LogP contribution in [0.4, 0.5) is 0 Å². The summed E-state index contributed by atoms with van der Waals surface area (Å²) < 4.78 is 0. The summed E-state index contributed by atoms with van der Waals surface area (Å²) in [6.45, 7) is 1.66. The molecular weight excluding hydrogens is 244 g/mol. The minimum Gasteiger partial charge on any atom is -0.370 e. The Bertz CT molecular complexity index is 285. The number of ketones is 1. The number of Topliss-reactive ketones (excluding diaryl/α,β-unsaturated/α-hetero) is 1. The van der Waals surface area contributed by atoms with E-state index in [9.17, 15) is 14.4 Å². The van der Waals surface area contributed by atoms with E-state index in [2.05, 4.69) is 10.7 Å². The third-order valence-corrected chi connectivity index (χ3v) is 2.94. The van der Waals surface area contributed by atoms with Gasteiger partial charge in [0.2, 0.25) is 11.8 Å². The van der Waals surface area contributed by atoms with Gasteiger partial charge in [0.1, 0.15) is 5.78 Å². The minimum absolute atomic E-state index is 0.0749. The van der Waals surface area contributed by atoms with Gasteiger partial charge in [-0.05, 0) is 6.92 Å². The zero-order valence-corrected chi connectivity index (χ0v) is 10.5. The molecule has 17 heavy (non-hydrogen) atoms. The van der Waals surface area contributed by atoms with Gasteiger partial charge in [0.25, 0.3) is 0 Å². The van der Waals surface area contributed by atoms with Crippen LogP contribution in [-0.4, -0.2) is 41.7 Å². The molecule has 0 aromatic rings. The van der Waals surface area contributed by atoms with Crippen molar-refractivity contribution in [2.24, 2.45) is 11.6 Å². The minimum atomic E-state index is -0.457. The van der Waals surface area contributed by atoms with Gasteiger partial charge in [-0.25, -0.2) is 5.43 Å². The molecule has 98 valence electrons. The van der Waals surface area contributed by atoms with Crippen LogP contribution in [0.1, 0.15) is 13.3 Å². The van der Waals surface area contributed by atoms with Crippen LogP contribution in [0, 0.1) is 0 Å². The van der Waals surface area contributed by atoms with Crippen molar-refractivity contribution in [3.8, 4) is 0 Å². The van der Waals surface area contributed by atoms with E-state index in [0.29, 0.717) is 5.75 Å². The van der Waals surface area contributed by atoms with Crippen LogP contribution in [-0.2, 0) is 14.4 Å². The zero-order chi connectivity index (χ0) is 13.3. The summed E-state index contributed by atoms with van der Waals surface area (Å²) in [4.78, 5) is 32.6. The predicted octanol–water partition coefficient (Wildman–Crippen LogP) is -1.87. The molecule has 0 unspecified atom stereocenters. The number of hydrazine groups is 1. The predicted molar refractivity (Wildman–Crippen MR) is 65.9 cm³/mol. The van der Waals surface area contributed by atoms with E-state index in [1.54, 1.807) is 0 Å². The molecule has 8 heteroatoms. The molecule has 2 amide bonds. The first-order valence-corrected chi connectivity index (χ1v) is 6.22. The molecule has 0 rings (SSSR count). The lowest BCUT2D eigenvalue weighted by Gasteiger charge is -2.11. The summed E-state index contributed by atoms with van der Waals surface area (Å²) in [6, 6.07) is -0.446. The third kappa shape index (κ3) is 8.66. The van der Waals surface area contributed by atoms with E-state index >= 15 is 0 Å². The van der Waals surface area contributed by atoms with Crippen LogP contribution in [0.25, 0.3) is 0 Å². The number of primary amides is 1. The smallest absolute Gasteiger partial charge is 0.230 e. The number of hydrogen-bond acceptors (Lipinski definition) is 6.